The zero-order chi connectivity index (χ0) is 10.3. The molecular formula is C10H9NO3. The second kappa shape index (κ2) is 2.64. The molecule has 1 aliphatic carbocycles. The van der Waals surface area contributed by atoms with E-state index >= 15 is 0 Å². The van der Waals surface area contributed by atoms with Crippen LogP contribution in [0.5, 0.6) is 0 Å². The van der Waals surface area contributed by atoms with Crippen molar-refractivity contribution in [1.29, 1.82) is 0 Å². The number of hydrogen-bond acceptors (Lipinski definition) is 3. The van der Waals surface area contributed by atoms with Crippen molar-refractivity contribution in [2.24, 2.45) is 0 Å². The van der Waals surface area contributed by atoms with Crippen molar-refractivity contribution in [2.75, 3.05) is 0 Å². The number of ketones is 1. The molecule has 1 aromatic carbocycles. The highest BCUT2D eigenvalue weighted by molar-refractivity contribution is 6.06. The Labute approximate surface area is 80.7 Å². The van der Waals surface area contributed by atoms with E-state index in [2.05, 4.69) is 0 Å². The summed E-state index contributed by atoms with van der Waals surface area (Å²) in [7, 11) is 0. The molecule has 0 amide bonds. The maximum atomic E-state index is 11.7. The summed E-state index contributed by atoms with van der Waals surface area (Å²) in [6, 6.07) is 6.93. The van der Waals surface area contributed by atoms with Crippen LogP contribution in [0.25, 0.3) is 0 Å². The lowest BCUT2D eigenvalue weighted by Crippen LogP contribution is -2.40. The average Bonchev–Trinajstić information content (AvgIpc) is 2.42. The molecule has 14 heavy (non-hydrogen) atoms. The van der Waals surface area contributed by atoms with Crippen LogP contribution in [0.4, 0.5) is 0 Å². The standard InChI is InChI=1S/C10H9NO3/c1-10(11(13)14)6-7-4-2-3-5-8(7)9(10)12/h2-5H,6H2,1H3. The Morgan fingerprint density at radius 2 is 2.07 bits per heavy atom. The van der Waals surface area contributed by atoms with E-state index in [1.807, 2.05) is 0 Å². The molecule has 72 valence electrons. The highest BCUT2D eigenvalue weighted by Gasteiger charge is 2.51. The minimum atomic E-state index is -1.45. The summed E-state index contributed by atoms with van der Waals surface area (Å²) in [4.78, 5) is 22.0. The molecule has 0 heterocycles. The monoisotopic (exact) mass is 191 g/mol. The molecule has 4 nitrogen and oxygen atoms in total. The Bertz CT molecular complexity index is 427. The van der Waals surface area contributed by atoms with E-state index in [0.29, 0.717) is 5.56 Å². The fourth-order valence-electron chi connectivity index (χ4n) is 1.78. The van der Waals surface area contributed by atoms with Crippen LogP contribution in [0.2, 0.25) is 0 Å². The average molecular weight is 191 g/mol. The fraction of sp³-hybridized carbons (Fsp3) is 0.300. The molecule has 0 saturated carbocycles. The van der Waals surface area contributed by atoms with Gasteiger partial charge in [-0.15, -0.1) is 0 Å². The maximum Gasteiger partial charge on any atom is 0.284 e. The van der Waals surface area contributed by atoms with Crippen LogP contribution in [0.15, 0.2) is 24.3 Å². The number of hydrogen-bond donors (Lipinski definition) is 0. The highest BCUT2D eigenvalue weighted by atomic mass is 16.6. The Kier molecular flexibility index (Phi) is 1.67. The van der Waals surface area contributed by atoms with Crippen molar-refractivity contribution in [2.45, 2.75) is 18.9 Å². The summed E-state index contributed by atoms with van der Waals surface area (Å²) in [6.07, 6.45) is 0.203. The molecule has 0 fully saturated rings. The van der Waals surface area contributed by atoms with Gasteiger partial charge in [-0.2, -0.15) is 0 Å². The van der Waals surface area contributed by atoms with Gasteiger partial charge in [0.15, 0.2) is 0 Å². The van der Waals surface area contributed by atoms with Crippen LogP contribution >= 0.6 is 0 Å². The van der Waals surface area contributed by atoms with Gasteiger partial charge in [0, 0.05) is 17.4 Å². The van der Waals surface area contributed by atoms with E-state index in [-0.39, 0.29) is 12.2 Å². The van der Waals surface area contributed by atoms with Crippen LogP contribution < -0.4 is 0 Å². The molecule has 1 unspecified atom stereocenters. The number of Topliss-reactive ketones (excluding diaryl/α,β-unsaturated/α-hetero) is 1. The summed E-state index contributed by atoms with van der Waals surface area (Å²) in [5.74, 6) is -0.377. The quantitative estimate of drug-likeness (QED) is 0.498. The SMILES string of the molecule is CC1([N+](=O)[O-])Cc2ccccc2C1=O. The van der Waals surface area contributed by atoms with Gasteiger partial charge in [0.05, 0.1) is 6.42 Å². The van der Waals surface area contributed by atoms with E-state index in [0.717, 1.165) is 5.56 Å². The lowest BCUT2D eigenvalue weighted by atomic mass is 9.99. The summed E-state index contributed by atoms with van der Waals surface area (Å²) < 4.78 is 0. The third-order valence-electron chi connectivity index (χ3n) is 2.69. The van der Waals surface area contributed by atoms with E-state index in [9.17, 15) is 14.9 Å². The molecule has 2 rings (SSSR count). The Hall–Kier alpha value is -1.71. The molecule has 0 N–H and O–H groups in total. The number of fused-ring (bicyclic) bond motifs is 1. The van der Waals surface area contributed by atoms with E-state index in [1.165, 1.54) is 6.92 Å². The van der Waals surface area contributed by atoms with Crippen LogP contribution in [0.3, 0.4) is 0 Å². The smallest absolute Gasteiger partial charge is 0.284 e. The first-order chi connectivity index (χ1) is 6.55. The third kappa shape index (κ3) is 0.968. The summed E-state index contributed by atoms with van der Waals surface area (Å²) in [5, 5.41) is 10.8. The molecule has 1 aromatic rings. The normalized spacial score (nSPS) is 24.8. The van der Waals surface area contributed by atoms with Gasteiger partial charge < -0.3 is 0 Å². The number of rotatable bonds is 1. The molecule has 0 saturated heterocycles. The molecule has 4 heteroatoms. The van der Waals surface area contributed by atoms with Crippen LogP contribution in [0.1, 0.15) is 22.8 Å². The third-order valence-corrected chi connectivity index (χ3v) is 2.69. The lowest BCUT2D eigenvalue weighted by Gasteiger charge is -2.10. The van der Waals surface area contributed by atoms with Gasteiger partial charge in [-0.25, -0.2) is 0 Å². The van der Waals surface area contributed by atoms with E-state index in [1.54, 1.807) is 24.3 Å². The van der Waals surface area contributed by atoms with E-state index < -0.39 is 10.5 Å². The Morgan fingerprint density at radius 3 is 2.64 bits per heavy atom. The number of carbonyl (C=O) groups excluding carboxylic acids is 1. The number of carbonyl (C=O) groups is 1. The van der Waals surface area contributed by atoms with Crippen molar-refractivity contribution in [3.05, 3.63) is 45.5 Å². The molecule has 0 radical (unpaired) electrons. The molecule has 1 atom stereocenters. The van der Waals surface area contributed by atoms with E-state index in [4.69, 9.17) is 0 Å². The summed E-state index contributed by atoms with van der Waals surface area (Å²) in [5.41, 5.74) is -0.188. The first-order valence-electron chi connectivity index (χ1n) is 4.33. The van der Waals surface area contributed by atoms with Crippen molar-refractivity contribution in [1.82, 2.24) is 0 Å². The lowest BCUT2D eigenvalue weighted by molar-refractivity contribution is -0.543. The molecule has 0 spiro atoms. The minimum Gasteiger partial charge on any atom is -0.286 e. The molecule has 0 bridgehead atoms. The number of benzene rings is 1. The van der Waals surface area contributed by atoms with Gasteiger partial charge in [0.1, 0.15) is 0 Å². The Morgan fingerprint density at radius 1 is 1.43 bits per heavy atom. The van der Waals surface area contributed by atoms with Crippen molar-refractivity contribution in [3.63, 3.8) is 0 Å². The predicted octanol–water partition coefficient (Wildman–Crippen LogP) is 1.46. The van der Waals surface area contributed by atoms with Crippen LogP contribution in [-0.2, 0) is 6.42 Å². The number of nitro groups is 1. The topological polar surface area (TPSA) is 60.2 Å². The molecular weight excluding hydrogens is 182 g/mol. The van der Waals surface area contributed by atoms with Crippen molar-refractivity contribution < 1.29 is 9.72 Å². The van der Waals surface area contributed by atoms with Crippen LogP contribution in [0, 0.1) is 10.1 Å². The van der Waals surface area contributed by atoms with Gasteiger partial charge in [-0.3, -0.25) is 14.9 Å². The fourth-order valence-corrected chi connectivity index (χ4v) is 1.78. The summed E-state index contributed by atoms with van der Waals surface area (Å²) >= 11 is 0. The second-order valence-electron chi connectivity index (χ2n) is 3.69. The maximum absolute atomic E-state index is 11.7. The zero-order valence-corrected chi connectivity index (χ0v) is 7.69. The Balaban J connectivity index is 2.54. The van der Waals surface area contributed by atoms with Gasteiger partial charge >= 0.3 is 0 Å². The second-order valence-corrected chi connectivity index (χ2v) is 3.69. The first kappa shape index (κ1) is 8.87. The molecule has 1 aliphatic rings. The summed E-state index contributed by atoms with van der Waals surface area (Å²) in [6.45, 7) is 1.38. The minimum absolute atomic E-state index is 0.203. The molecule has 0 aliphatic heterocycles. The zero-order valence-electron chi connectivity index (χ0n) is 7.69. The van der Waals surface area contributed by atoms with Crippen molar-refractivity contribution in [3.8, 4) is 0 Å². The predicted molar refractivity (Wildman–Crippen MR) is 49.9 cm³/mol. The van der Waals surface area contributed by atoms with Gasteiger partial charge in [-0.05, 0) is 5.56 Å². The van der Waals surface area contributed by atoms with Crippen LogP contribution in [-0.4, -0.2) is 16.2 Å². The van der Waals surface area contributed by atoms with Gasteiger partial charge in [-0.1, -0.05) is 24.3 Å². The molecule has 0 aromatic heterocycles. The highest BCUT2D eigenvalue weighted by Crippen LogP contribution is 2.31. The first-order valence-corrected chi connectivity index (χ1v) is 4.33. The number of nitrogens with zero attached hydrogens (tertiary/aromatic N) is 1. The van der Waals surface area contributed by atoms with Gasteiger partial charge in [0.25, 0.3) is 5.54 Å². The van der Waals surface area contributed by atoms with Gasteiger partial charge in [0.2, 0.25) is 5.78 Å². The van der Waals surface area contributed by atoms with Crippen molar-refractivity contribution >= 4 is 5.78 Å². The largest absolute Gasteiger partial charge is 0.286 e.